The molecule has 5 nitrogen and oxygen atoms in total. The van der Waals surface area contributed by atoms with Crippen LogP contribution < -0.4 is 10.2 Å². The normalized spacial score (nSPS) is 14.8. The number of aromatic nitrogens is 1. The zero-order valence-electron chi connectivity index (χ0n) is 16.5. The Labute approximate surface area is 175 Å². The van der Waals surface area contributed by atoms with Crippen molar-refractivity contribution in [2.45, 2.75) is 6.92 Å². The summed E-state index contributed by atoms with van der Waals surface area (Å²) in [5.74, 6) is -0.0519. The first-order valence-electron chi connectivity index (χ1n) is 9.98. The highest BCUT2D eigenvalue weighted by atomic mass is 35.5. The monoisotopic (exact) mass is 410 g/mol. The lowest BCUT2D eigenvalue weighted by molar-refractivity contribution is -0.906. The largest absolute Gasteiger partial charge is 0.370 e. The Kier molecular flexibility index (Phi) is 6.09. The van der Waals surface area contributed by atoms with Crippen LogP contribution in [0.2, 0.25) is 5.02 Å². The molecule has 3 aromatic rings. The van der Waals surface area contributed by atoms with Crippen molar-refractivity contribution in [1.82, 2.24) is 10.3 Å². The quantitative estimate of drug-likeness (QED) is 0.679. The topological polar surface area (TPSA) is 55.7 Å². The van der Waals surface area contributed by atoms with Gasteiger partial charge in [0.1, 0.15) is 13.1 Å². The summed E-state index contributed by atoms with van der Waals surface area (Å²) in [6, 6.07) is 15.4. The molecule has 2 aromatic carbocycles. The van der Waals surface area contributed by atoms with Crippen LogP contribution in [0.3, 0.4) is 0 Å². The number of quaternary nitrogens is 1. The van der Waals surface area contributed by atoms with Crippen molar-refractivity contribution in [1.29, 1.82) is 0 Å². The fraction of sp³-hybridized carbons (Fsp3) is 0.304. The van der Waals surface area contributed by atoms with E-state index in [1.807, 2.05) is 55.5 Å². The Bertz CT molecular complexity index is 1010. The first kappa shape index (κ1) is 19.8. The van der Waals surface area contributed by atoms with Crippen LogP contribution >= 0.6 is 11.6 Å². The van der Waals surface area contributed by atoms with Crippen molar-refractivity contribution < 1.29 is 14.4 Å². The molecular formula is C23H25ClN3O2+. The predicted octanol–water partition coefficient (Wildman–Crippen LogP) is 2.51. The number of para-hydroxylation sites is 1. The second kappa shape index (κ2) is 8.91. The summed E-state index contributed by atoms with van der Waals surface area (Å²) in [7, 11) is 0. The highest BCUT2D eigenvalue weighted by Crippen LogP contribution is 2.30. The second-order valence-electron chi connectivity index (χ2n) is 7.35. The maximum absolute atomic E-state index is 13.2. The van der Waals surface area contributed by atoms with Crippen molar-refractivity contribution in [3.63, 3.8) is 0 Å². The molecular weight excluding hydrogens is 386 g/mol. The third kappa shape index (κ3) is 4.42. The Morgan fingerprint density at radius 3 is 2.62 bits per heavy atom. The van der Waals surface area contributed by atoms with E-state index in [1.54, 1.807) is 0 Å². The van der Waals surface area contributed by atoms with Gasteiger partial charge >= 0.3 is 0 Å². The van der Waals surface area contributed by atoms with Gasteiger partial charge in [-0.05, 0) is 30.7 Å². The van der Waals surface area contributed by atoms with Gasteiger partial charge < -0.3 is 15.0 Å². The van der Waals surface area contributed by atoms with Gasteiger partial charge in [0, 0.05) is 16.0 Å². The number of halogens is 1. The van der Waals surface area contributed by atoms with E-state index >= 15 is 0 Å². The Balaban J connectivity index is 1.63. The van der Waals surface area contributed by atoms with Crippen LogP contribution in [0.4, 0.5) is 0 Å². The average Bonchev–Trinajstić information content (AvgIpc) is 2.74. The van der Waals surface area contributed by atoms with Gasteiger partial charge in [-0.25, -0.2) is 4.98 Å². The summed E-state index contributed by atoms with van der Waals surface area (Å²) < 4.78 is 5.40. The number of nitrogens with zero attached hydrogens (tertiary/aromatic N) is 1. The molecule has 1 fully saturated rings. The van der Waals surface area contributed by atoms with Gasteiger partial charge in [-0.15, -0.1) is 0 Å². The number of fused-ring (bicyclic) bond motifs is 1. The smallest absolute Gasteiger partial charge is 0.252 e. The first-order valence-corrected chi connectivity index (χ1v) is 10.4. The molecule has 2 heterocycles. The number of morpholine rings is 1. The van der Waals surface area contributed by atoms with Crippen LogP contribution in [0, 0.1) is 6.92 Å². The van der Waals surface area contributed by atoms with Gasteiger partial charge in [0.05, 0.1) is 43.1 Å². The van der Waals surface area contributed by atoms with Gasteiger partial charge in [-0.2, -0.15) is 0 Å². The third-order valence-electron chi connectivity index (χ3n) is 5.44. The van der Waals surface area contributed by atoms with Crippen LogP contribution in [0.1, 0.15) is 15.9 Å². The molecule has 0 saturated carbocycles. The van der Waals surface area contributed by atoms with Crippen molar-refractivity contribution in [3.8, 4) is 11.3 Å². The van der Waals surface area contributed by atoms with Crippen LogP contribution in [-0.4, -0.2) is 50.3 Å². The molecule has 1 aliphatic rings. The maximum atomic E-state index is 13.2. The zero-order valence-corrected chi connectivity index (χ0v) is 17.3. The fourth-order valence-electron chi connectivity index (χ4n) is 3.84. The van der Waals surface area contributed by atoms with Crippen LogP contribution in [-0.2, 0) is 4.74 Å². The number of carbonyl (C=O) groups excluding carboxylic acids is 1. The summed E-state index contributed by atoms with van der Waals surface area (Å²) in [5.41, 5.74) is 4.14. The second-order valence-corrected chi connectivity index (χ2v) is 7.79. The molecule has 6 heteroatoms. The average molecular weight is 411 g/mol. The minimum atomic E-state index is -0.0519. The van der Waals surface area contributed by atoms with E-state index in [1.165, 1.54) is 4.90 Å². The summed E-state index contributed by atoms with van der Waals surface area (Å²) >= 11 is 6.04. The van der Waals surface area contributed by atoms with E-state index < -0.39 is 0 Å². The van der Waals surface area contributed by atoms with Gasteiger partial charge in [0.2, 0.25) is 0 Å². The molecule has 1 aliphatic heterocycles. The van der Waals surface area contributed by atoms with E-state index in [0.29, 0.717) is 17.1 Å². The van der Waals surface area contributed by atoms with Crippen LogP contribution in [0.15, 0.2) is 48.5 Å². The number of nitrogens with one attached hydrogen (secondary N) is 2. The Morgan fingerprint density at radius 1 is 1.14 bits per heavy atom. The summed E-state index contributed by atoms with van der Waals surface area (Å²) in [5, 5.41) is 4.67. The van der Waals surface area contributed by atoms with E-state index in [0.717, 1.165) is 60.6 Å². The Hall–Kier alpha value is -2.47. The molecule has 150 valence electrons. The molecule has 0 bridgehead atoms. The van der Waals surface area contributed by atoms with Gasteiger partial charge in [0.15, 0.2) is 0 Å². The molecule has 0 unspecified atom stereocenters. The number of carbonyl (C=O) groups is 1. The molecule has 1 aromatic heterocycles. The molecule has 2 N–H and O–H groups in total. The highest BCUT2D eigenvalue weighted by molar-refractivity contribution is 6.30. The van der Waals surface area contributed by atoms with Crippen molar-refractivity contribution >= 4 is 28.4 Å². The number of benzene rings is 2. The van der Waals surface area contributed by atoms with Crippen molar-refractivity contribution in [3.05, 3.63) is 64.7 Å². The number of hydrogen-bond donors (Lipinski definition) is 2. The van der Waals surface area contributed by atoms with E-state index in [-0.39, 0.29) is 5.91 Å². The van der Waals surface area contributed by atoms with Crippen molar-refractivity contribution in [2.24, 2.45) is 0 Å². The molecule has 29 heavy (non-hydrogen) atoms. The lowest BCUT2D eigenvalue weighted by Gasteiger charge is -2.23. The van der Waals surface area contributed by atoms with Gasteiger partial charge in [-0.1, -0.05) is 41.9 Å². The minimum Gasteiger partial charge on any atom is -0.370 e. The van der Waals surface area contributed by atoms with Crippen molar-refractivity contribution in [2.75, 3.05) is 39.4 Å². The number of rotatable bonds is 5. The number of pyridine rings is 1. The standard InChI is InChI=1S/C23H24ClN3O2/c1-16-21(23(28)25-10-11-27-12-14-29-15-13-27)19-4-2-3-5-20(19)26-22(16)17-6-8-18(24)9-7-17/h2-9H,10-15H2,1H3,(H,25,28)/p+1. The maximum Gasteiger partial charge on any atom is 0.252 e. The lowest BCUT2D eigenvalue weighted by atomic mass is 9.97. The summed E-state index contributed by atoms with van der Waals surface area (Å²) in [4.78, 5) is 19.5. The third-order valence-corrected chi connectivity index (χ3v) is 5.70. The molecule has 0 radical (unpaired) electrons. The zero-order chi connectivity index (χ0) is 20.2. The van der Waals surface area contributed by atoms with Crippen LogP contribution in [0.5, 0.6) is 0 Å². The molecule has 1 saturated heterocycles. The number of amides is 1. The molecule has 1 amide bonds. The van der Waals surface area contributed by atoms with E-state index in [2.05, 4.69) is 5.32 Å². The number of hydrogen-bond acceptors (Lipinski definition) is 3. The van der Waals surface area contributed by atoms with E-state index in [4.69, 9.17) is 21.3 Å². The molecule has 0 spiro atoms. The molecule has 4 rings (SSSR count). The fourth-order valence-corrected chi connectivity index (χ4v) is 3.97. The first-order chi connectivity index (χ1) is 14.1. The molecule has 0 aliphatic carbocycles. The van der Waals surface area contributed by atoms with E-state index in [9.17, 15) is 4.79 Å². The van der Waals surface area contributed by atoms with Crippen LogP contribution in [0.25, 0.3) is 22.2 Å². The minimum absolute atomic E-state index is 0.0519. The number of ether oxygens (including phenoxy) is 1. The predicted molar refractivity (Wildman–Crippen MR) is 116 cm³/mol. The highest BCUT2D eigenvalue weighted by Gasteiger charge is 2.20. The van der Waals surface area contributed by atoms with Gasteiger partial charge in [0.25, 0.3) is 5.91 Å². The SMILES string of the molecule is Cc1c(-c2ccc(Cl)cc2)nc2ccccc2c1C(=O)NCC[NH+]1CCOCC1. The summed E-state index contributed by atoms with van der Waals surface area (Å²) in [6.45, 7) is 7.08. The Morgan fingerprint density at radius 2 is 1.86 bits per heavy atom. The van der Waals surface area contributed by atoms with Gasteiger partial charge in [-0.3, -0.25) is 4.79 Å². The lowest BCUT2D eigenvalue weighted by Crippen LogP contribution is -3.14. The molecule has 0 atom stereocenters. The summed E-state index contributed by atoms with van der Waals surface area (Å²) in [6.07, 6.45) is 0.